The molecule has 2 rings (SSSR count). The maximum Gasteiger partial charge on any atom is 0.234 e. The van der Waals surface area contributed by atoms with Crippen LogP contribution in [0.15, 0.2) is 48.5 Å². The molecule has 0 aromatic heterocycles. The summed E-state index contributed by atoms with van der Waals surface area (Å²) in [5.41, 5.74) is 3.36. The maximum absolute atomic E-state index is 12.0. The van der Waals surface area contributed by atoms with Gasteiger partial charge in [-0.25, -0.2) is 0 Å². The fraction of sp³-hybridized carbons (Fsp3) is 0.316. The van der Waals surface area contributed by atoms with E-state index in [9.17, 15) is 4.79 Å². The van der Waals surface area contributed by atoms with Crippen LogP contribution >= 0.6 is 0 Å². The van der Waals surface area contributed by atoms with Gasteiger partial charge in [-0.3, -0.25) is 4.79 Å². The second-order valence-electron chi connectivity index (χ2n) is 5.61. The van der Waals surface area contributed by atoms with Gasteiger partial charge in [-0.15, -0.1) is 0 Å². The third kappa shape index (κ3) is 5.11. The van der Waals surface area contributed by atoms with Crippen LogP contribution in [0, 0.1) is 6.92 Å². The first-order chi connectivity index (χ1) is 11.1. The number of methoxy groups -OCH3 is 1. The van der Waals surface area contributed by atoms with E-state index in [1.807, 2.05) is 62.4 Å². The number of para-hydroxylation sites is 1. The van der Waals surface area contributed by atoms with Crippen molar-refractivity contribution < 1.29 is 9.53 Å². The van der Waals surface area contributed by atoms with Gasteiger partial charge < -0.3 is 15.4 Å². The monoisotopic (exact) mass is 312 g/mol. The Labute approximate surface area is 137 Å². The Morgan fingerprint density at radius 3 is 2.52 bits per heavy atom. The summed E-state index contributed by atoms with van der Waals surface area (Å²) in [6, 6.07) is 16.0. The molecule has 4 nitrogen and oxygen atoms in total. The molecule has 0 fully saturated rings. The van der Waals surface area contributed by atoms with Gasteiger partial charge in [0.1, 0.15) is 5.75 Å². The molecule has 0 aliphatic rings. The molecular formula is C19H24N2O2. The maximum atomic E-state index is 12.0. The molecule has 2 aromatic carbocycles. The highest BCUT2D eigenvalue weighted by molar-refractivity contribution is 5.78. The fourth-order valence-corrected chi connectivity index (χ4v) is 2.35. The van der Waals surface area contributed by atoms with Crippen LogP contribution in [0.3, 0.4) is 0 Å². The zero-order valence-corrected chi connectivity index (χ0v) is 13.9. The van der Waals surface area contributed by atoms with Crippen LogP contribution < -0.4 is 15.4 Å². The third-order valence-corrected chi connectivity index (χ3v) is 3.78. The van der Waals surface area contributed by atoms with Crippen LogP contribution in [0.2, 0.25) is 0 Å². The predicted molar refractivity (Wildman–Crippen MR) is 92.4 cm³/mol. The van der Waals surface area contributed by atoms with Crippen LogP contribution in [0.4, 0.5) is 0 Å². The fourth-order valence-electron chi connectivity index (χ4n) is 2.35. The highest BCUT2D eigenvalue weighted by atomic mass is 16.5. The number of rotatable bonds is 7. The van der Waals surface area contributed by atoms with Crippen molar-refractivity contribution in [3.8, 4) is 5.75 Å². The molecule has 1 atom stereocenters. The molecule has 2 aromatic rings. The minimum absolute atomic E-state index is 0.0210. The van der Waals surface area contributed by atoms with E-state index in [0.717, 1.165) is 16.9 Å². The standard InChI is InChI=1S/C19H24N2O2/c1-14-8-10-16(11-9-14)12-21-19(22)13-20-15(2)17-6-4-5-7-18(17)23-3/h4-11,15,20H,12-13H2,1-3H3,(H,21,22)/t15-/m0/s1. The normalized spacial score (nSPS) is 11.8. The third-order valence-electron chi connectivity index (χ3n) is 3.78. The Bertz CT molecular complexity index is 638. The van der Waals surface area contributed by atoms with E-state index in [-0.39, 0.29) is 18.5 Å². The van der Waals surface area contributed by atoms with Crippen LogP contribution in [-0.2, 0) is 11.3 Å². The van der Waals surface area contributed by atoms with Crippen LogP contribution in [0.5, 0.6) is 5.75 Å². The summed E-state index contributed by atoms with van der Waals surface area (Å²) in [6.07, 6.45) is 0. The average molecular weight is 312 g/mol. The summed E-state index contributed by atoms with van der Waals surface area (Å²) < 4.78 is 5.35. The van der Waals surface area contributed by atoms with E-state index in [2.05, 4.69) is 10.6 Å². The van der Waals surface area contributed by atoms with E-state index in [1.54, 1.807) is 7.11 Å². The largest absolute Gasteiger partial charge is 0.496 e. The topological polar surface area (TPSA) is 50.4 Å². The number of nitrogens with one attached hydrogen (secondary N) is 2. The molecule has 0 saturated carbocycles. The first kappa shape index (κ1) is 17.0. The van der Waals surface area contributed by atoms with E-state index in [1.165, 1.54) is 5.56 Å². The van der Waals surface area contributed by atoms with Gasteiger partial charge in [0, 0.05) is 18.2 Å². The Morgan fingerprint density at radius 1 is 1.13 bits per heavy atom. The second kappa shape index (κ2) is 8.34. The number of ether oxygens (including phenoxy) is 1. The molecule has 23 heavy (non-hydrogen) atoms. The number of carbonyl (C=O) groups excluding carboxylic acids is 1. The molecule has 2 N–H and O–H groups in total. The summed E-state index contributed by atoms with van der Waals surface area (Å²) in [5.74, 6) is 0.805. The van der Waals surface area contributed by atoms with E-state index in [0.29, 0.717) is 6.54 Å². The van der Waals surface area contributed by atoms with Gasteiger partial charge in [0.2, 0.25) is 5.91 Å². The Kier molecular flexibility index (Phi) is 6.18. The van der Waals surface area contributed by atoms with E-state index >= 15 is 0 Å². The van der Waals surface area contributed by atoms with Crippen LogP contribution in [0.1, 0.15) is 29.7 Å². The molecule has 122 valence electrons. The molecule has 0 saturated heterocycles. The number of hydrogen-bond acceptors (Lipinski definition) is 3. The highest BCUT2D eigenvalue weighted by Gasteiger charge is 2.11. The number of carbonyl (C=O) groups is 1. The van der Waals surface area contributed by atoms with Gasteiger partial charge in [0.05, 0.1) is 13.7 Å². The Hall–Kier alpha value is -2.33. The van der Waals surface area contributed by atoms with Crippen molar-refractivity contribution in [2.75, 3.05) is 13.7 Å². The summed E-state index contributed by atoms with van der Waals surface area (Å²) in [4.78, 5) is 12.0. The lowest BCUT2D eigenvalue weighted by molar-refractivity contribution is -0.120. The quantitative estimate of drug-likeness (QED) is 0.826. The van der Waals surface area contributed by atoms with E-state index in [4.69, 9.17) is 4.74 Å². The van der Waals surface area contributed by atoms with Gasteiger partial charge in [-0.2, -0.15) is 0 Å². The smallest absolute Gasteiger partial charge is 0.234 e. The minimum Gasteiger partial charge on any atom is -0.496 e. The molecule has 0 radical (unpaired) electrons. The molecular weight excluding hydrogens is 288 g/mol. The van der Waals surface area contributed by atoms with Crippen molar-refractivity contribution in [2.45, 2.75) is 26.4 Å². The van der Waals surface area contributed by atoms with Crippen molar-refractivity contribution in [2.24, 2.45) is 0 Å². The molecule has 0 spiro atoms. The molecule has 4 heteroatoms. The highest BCUT2D eigenvalue weighted by Crippen LogP contribution is 2.23. The number of amides is 1. The molecule has 0 heterocycles. The Balaban J connectivity index is 1.80. The zero-order valence-electron chi connectivity index (χ0n) is 13.9. The lowest BCUT2D eigenvalue weighted by atomic mass is 10.1. The summed E-state index contributed by atoms with van der Waals surface area (Å²) in [7, 11) is 1.65. The van der Waals surface area contributed by atoms with Gasteiger partial charge in [-0.1, -0.05) is 48.0 Å². The van der Waals surface area contributed by atoms with Gasteiger partial charge >= 0.3 is 0 Å². The van der Waals surface area contributed by atoms with Crippen molar-refractivity contribution in [3.63, 3.8) is 0 Å². The van der Waals surface area contributed by atoms with Crippen molar-refractivity contribution in [1.82, 2.24) is 10.6 Å². The SMILES string of the molecule is COc1ccccc1[C@H](C)NCC(=O)NCc1ccc(C)cc1. The summed E-state index contributed by atoms with van der Waals surface area (Å²) in [6.45, 7) is 4.88. The molecule has 0 bridgehead atoms. The zero-order chi connectivity index (χ0) is 16.7. The number of hydrogen-bond donors (Lipinski definition) is 2. The first-order valence-corrected chi connectivity index (χ1v) is 7.78. The van der Waals surface area contributed by atoms with Crippen molar-refractivity contribution in [1.29, 1.82) is 0 Å². The van der Waals surface area contributed by atoms with Crippen LogP contribution in [0.25, 0.3) is 0 Å². The first-order valence-electron chi connectivity index (χ1n) is 7.78. The van der Waals surface area contributed by atoms with E-state index < -0.39 is 0 Å². The van der Waals surface area contributed by atoms with Crippen molar-refractivity contribution >= 4 is 5.91 Å². The molecule has 0 unspecified atom stereocenters. The van der Waals surface area contributed by atoms with Gasteiger partial charge in [0.15, 0.2) is 0 Å². The number of benzene rings is 2. The Morgan fingerprint density at radius 2 is 1.83 bits per heavy atom. The van der Waals surface area contributed by atoms with Crippen molar-refractivity contribution in [3.05, 3.63) is 65.2 Å². The molecule has 0 aliphatic carbocycles. The molecule has 0 aliphatic heterocycles. The van der Waals surface area contributed by atoms with Crippen LogP contribution in [-0.4, -0.2) is 19.6 Å². The number of aryl methyl sites for hydroxylation is 1. The van der Waals surface area contributed by atoms with Gasteiger partial charge in [0.25, 0.3) is 0 Å². The average Bonchev–Trinajstić information content (AvgIpc) is 2.59. The lowest BCUT2D eigenvalue weighted by Crippen LogP contribution is -2.34. The molecule has 1 amide bonds. The lowest BCUT2D eigenvalue weighted by Gasteiger charge is -2.17. The summed E-state index contributed by atoms with van der Waals surface area (Å²) in [5, 5.41) is 6.15. The second-order valence-corrected chi connectivity index (χ2v) is 5.61. The predicted octanol–water partition coefficient (Wildman–Crippen LogP) is 2.97. The minimum atomic E-state index is -0.0210. The summed E-state index contributed by atoms with van der Waals surface area (Å²) >= 11 is 0. The van der Waals surface area contributed by atoms with Gasteiger partial charge in [-0.05, 0) is 25.5 Å².